The number of hydrogen-bond acceptors (Lipinski definition) is 1. The average Bonchev–Trinajstić information content (AvgIpc) is 2.37. The summed E-state index contributed by atoms with van der Waals surface area (Å²) >= 11 is 0. The van der Waals surface area contributed by atoms with Crippen LogP contribution in [0.25, 0.3) is 11.1 Å². The Hall–Kier alpha value is -1.96. The number of hydrogen-bond donors (Lipinski definition) is 0. The van der Waals surface area contributed by atoms with Crippen molar-refractivity contribution >= 4 is 6.29 Å². The maximum absolute atomic E-state index is 13.9. The number of carbonyl (C=O) groups excluding carboxylic acids is 1. The van der Waals surface area contributed by atoms with Gasteiger partial charge in [-0.05, 0) is 23.6 Å². The minimum Gasteiger partial charge on any atom is -0.291 e. The van der Waals surface area contributed by atoms with Crippen LogP contribution < -0.4 is 0 Å². The van der Waals surface area contributed by atoms with Crippen LogP contribution in [-0.2, 0) is 11.2 Å². The van der Waals surface area contributed by atoms with E-state index >= 15 is 0 Å². The number of aryl methyl sites for hydroxylation is 1. The zero-order chi connectivity index (χ0) is 12.1. The van der Waals surface area contributed by atoms with Gasteiger partial charge in [-0.3, -0.25) is 4.79 Å². The van der Waals surface area contributed by atoms with E-state index in [-0.39, 0.29) is 5.82 Å². The third-order valence-electron chi connectivity index (χ3n) is 2.63. The summed E-state index contributed by atoms with van der Waals surface area (Å²) in [7, 11) is 0. The van der Waals surface area contributed by atoms with Crippen LogP contribution in [0, 0.1) is 5.82 Å². The standard InChI is InChI=1S/C15H12FO/c16-15-11-12(5-4-10-17)8-9-14(15)13-6-2-1-3-7-13/h1-3,6-9,11H,4-5H2. The van der Waals surface area contributed by atoms with Crippen LogP contribution in [0.15, 0.2) is 48.5 Å². The van der Waals surface area contributed by atoms with E-state index in [9.17, 15) is 9.18 Å². The highest BCUT2D eigenvalue weighted by atomic mass is 19.1. The van der Waals surface area contributed by atoms with Gasteiger partial charge in [-0.15, -0.1) is 0 Å². The normalized spacial score (nSPS) is 10.2. The molecule has 17 heavy (non-hydrogen) atoms. The van der Waals surface area contributed by atoms with Crippen molar-refractivity contribution in [3.63, 3.8) is 0 Å². The van der Waals surface area contributed by atoms with Gasteiger partial charge in [0.05, 0.1) is 0 Å². The Morgan fingerprint density at radius 1 is 1.06 bits per heavy atom. The molecule has 0 aliphatic carbocycles. The van der Waals surface area contributed by atoms with Gasteiger partial charge in [-0.2, -0.15) is 0 Å². The fourth-order valence-electron chi connectivity index (χ4n) is 1.76. The molecule has 0 amide bonds. The number of halogens is 1. The molecule has 1 nitrogen and oxygen atoms in total. The molecule has 2 rings (SSSR count). The van der Waals surface area contributed by atoms with Crippen molar-refractivity contribution in [2.45, 2.75) is 12.8 Å². The van der Waals surface area contributed by atoms with Gasteiger partial charge in [0.1, 0.15) is 5.82 Å². The molecule has 0 unspecified atom stereocenters. The lowest BCUT2D eigenvalue weighted by Crippen LogP contribution is -1.90. The number of benzene rings is 2. The molecule has 0 fully saturated rings. The van der Waals surface area contributed by atoms with Crippen molar-refractivity contribution in [3.8, 4) is 11.1 Å². The molecule has 0 saturated heterocycles. The van der Waals surface area contributed by atoms with E-state index in [1.807, 2.05) is 42.7 Å². The van der Waals surface area contributed by atoms with Gasteiger partial charge in [0.15, 0.2) is 6.29 Å². The van der Waals surface area contributed by atoms with E-state index in [4.69, 9.17) is 0 Å². The summed E-state index contributed by atoms with van der Waals surface area (Å²) in [4.78, 5) is 10.1. The largest absolute Gasteiger partial charge is 0.291 e. The molecule has 0 atom stereocenters. The predicted molar refractivity (Wildman–Crippen MR) is 65.9 cm³/mol. The minimum atomic E-state index is -0.250. The minimum absolute atomic E-state index is 0.250. The van der Waals surface area contributed by atoms with E-state index in [0.717, 1.165) is 11.1 Å². The Balaban J connectivity index is 2.29. The first-order chi connectivity index (χ1) is 8.31. The van der Waals surface area contributed by atoms with Crippen LogP contribution in [0.2, 0.25) is 0 Å². The van der Waals surface area contributed by atoms with Gasteiger partial charge >= 0.3 is 0 Å². The molecule has 0 heterocycles. The lowest BCUT2D eigenvalue weighted by Gasteiger charge is -2.05. The molecule has 0 aliphatic heterocycles. The van der Waals surface area contributed by atoms with Gasteiger partial charge in [0.25, 0.3) is 0 Å². The van der Waals surface area contributed by atoms with Gasteiger partial charge in [0, 0.05) is 12.0 Å². The quantitative estimate of drug-likeness (QED) is 0.780. The molecule has 2 aromatic rings. The van der Waals surface area contributed by atoms with Crippen LogP contribution in [0.1, 0.15) is 12.0 Å². The van der Waals surface area contributed by atoms with Crippen molar-refractivity contribution in [1.82, 2.24) is 0 Å². The second kappa shape index (κ2) is 5.39. The van der Waals surface area contributed by atoms with Crippen molar-refractivity contribution in [1.29, 1.82) is 0 Å². The zero-order valence-electron chi connectivity index (χ0n) is 9.32. The summed E-state index contributed by atoms with van der Waals surface area (Å²) in [5, 5.41) is 0. The second-order valence-electron chi connectivity index (χ2n) is 3.82. The molecule has 0 spiro atoms. The molecule has 1 radical (unpaired) electrons. The van der Waals surface area contributed by atoms with Crippen LogP contribution in [-0.4, -0.2) is 6.29 Å². The lowest BCUT2D eigenvalue weighted by atomic mass is 10.0. The molecule has 0 N–H and O–H groups in total. The summed E-state index contributed by atoms with van der Waals surface area (Å²) in [6.45, 7) is 0. The Kier molecular flexibility index (Phi) is 3.66. The zero-order valence-corrected chi connectivity index (χ0v) is 9.32. The van der Waals surface area contributed by atoms with Crippen molar-refractivity contribution in [3.05, 3.63) is 59.9 Å². The van der Waals surface area contributed by atoms with E-state index in [1.165, 1.54) is 6.07 Å². The fraction of sp³-hybridized carbons (Fsp3) is 0.133. The smallest absolute Gasteiger partial charge is 0.198 e. The molecule has 85 valence electrons. The lowest BCUT2D eigenvalue weighted by molar-refractivity contribution is 0.551. The van der Waals surface area contributed by atoms with Crippen LogP contribution >= 0.6 is 0 Å². The molecule has 0 aromatic heterocycles. The summed E-state index contributed by atoms with van der Waals surface area (Å²) < 4.78 is 13.9. The number of rotatable bonds is 4. The average molecular weight is 227 g/mol. The first-order valence-electron chi connectivity index (χ1n) is 5.50. The maximum atomic E-state index is 13.9. The van der Waals surface area contributed by atoms with Crippen molar-refractivity contribution in [2.24, 2.45) is 0 Å². The van der Waals surface area contributed by atoms with Gasteiger partial charge in [0.2, 0.25) is 0 Å². The maximum Gasteiger partial charge on any atom is 0.198 e. The molecule has 0 bridgehead atoms. The predicted octanol–water partition coefficient (Wildman–Crippen LogP) is 3.54. The highest BCUT2D eigenvalue weighted by molar-refractivity contribution is 5.64. The summed E-state index contributed by atoms with van der Waals surface area (Å²) in [6, 6.07) is 14.5. The third-order valence-corrected chi connectivity index (χ3v) is 2.63. The summed E-state index contributed by atoms with van der Waals surface area (Å²) in [5.41, 5.74) is 2.27. The highest BCUT2D eigenvalue weighted by Crippen LogP contribution is 2.23. The first kappa shape index (κ1) is 11.5. The fourth-order valence-corrected chi connectivity index (χ4v) is 1.76. The van der Waals surface area contributed by atoms with Gasteiger partial charge < -0.3 is 0 Å². The molecular weight excluding hydrogens is 215 g/mol. The topological polar surface area (TPSA) is 17.1 Å². The van der Waals surface area contributed by atoms with E-state index in [0.29, 0.717) is 18.4 Å². The van der Waals surface area contributed by atoms with E-state index < -0.39 is 0 Å². The Morgan fingerprint density at radius 3 is 2.47 bits per heavy atom. The highest BCUT2D eigenvalue weighted by Gasteiger charge is 2.05. The Bertz CT molecular complexity index is 506. The Labute approximate surface area is 99.9 Å². The van der Waals surface area contributed by atoms with Crippen LogP contribution in [0.3, 0.4) is 0 Å². The van der Waals surface area contributed by atoms with Gasteiger partial charge in [-0.1, -0.05) is 42.5 Å². The summed E-state index contributed by atoms with van der Waals surface area (Å²) in [5.74, 6) is -0.250. The molecule has 2 aromatic carbocycles. The van der Waals surface area contributed by atoms with Crippen molar-refractivity contribution in [2.75, 3.05) is 0 Å². The molecule has 0 saturated carbocycles. The van der Waals surface area contributed by atoms with E-state index in [2.05, 4.69) is 0 Å². The summed E-state index contributed by atoms with van der Waals surface area (Å²) in [6.07, 6.45) is 2.66. The SMILES string of the molecule is O=[C]CCc1ccc(-c2ccccc2)c(F)c1. The first-order valence-corrected chi connectivity index (χ1v) is 5.50. The van der Waals surface area contributed by atoms with E-state index in [1.54, 1.807) is 6.07 Å². The molecular formula is C15H12FO. The van der Waals surface area contributed by atoms with Crippen LogP contribution in [0.5, 0.6) is 0 Å². The van der Waals surface area contributed by atoms with Crippen molar-refractivity contribution < 1.29 is 9.18 Å². The van der Waals surface area contributed by atoms with Gasteiger partial charge in [-0.25, -0.2) is 4.39 Å². The third kappa shape index (κ3) is 2.78. The monoisotopic (exact) mass is 227 g/mol. The molecule has 0 aliphatic rings. The molecule has 2 heteroatoms. The van der Waals surface area contributed by atoms with Crippen LogP contribution in [0.4, 0.5) is 4.39 Å². The second-order valence-corrected chi connectivity index (χ2v) is 3.82. The Morgan fingerprint density at radius 2 is 1.82 bits per heavy atom.